The SMILES string of the molecule is Cc1ccc(OCCN(C)C(=O)c2cn[nH]c2C)cc1. The van der Waals surface area contributed by atoms with Gasteiger partial charge in [0.15, 0.2) is 0 Å². The number of aromatic amines is 1. The fourth-order valence-corrected chi connectivity index (χ4v) is 1.81. The average Bonchev–Trinajstić information content (AvgIpc) is 2.86. The third kappa shape index (κ3) is 3.38. The molecule has 0 saturated heterocycles. The Morgan fingerprint density at radius 3 is 2.60 bits per heavy atom. The van der Waals surface area contributed by atoms with Gasteiger partial charge in [-0.2, -0.15) is 5.10 Å². The number of H-pyrrole nitrogens is 1. The first-order chi connectivity index (χ1) is 9.58. The van der Waals surface area contributed by atoms with Crippen LogP contribution in [0.2, 0.25) is 0 Å². The lowest BCUT2D eigenvalue weighted by atomic mass is 10.2. The van der Waals surface area contributed by atoms with E-state index in [-0.39, 0.29) is 5.91 Å². The Morgan fingerprint density at radius 2 is 2.00 bits per heavy atom. The molecule has 2 aromatic rings. The zero-order chi connectivity index (χ0) is 14.5. The Labute approximate surface area is 118 Å². The van der Waals surface area contributed by atoms with Gasteiger partial charge in [-0.05, 0) is 26.0 Å². The highest BCUT2D eigenvalue weighted by Crippen LogP contribution is 2.11. The number of aryl methyl sites for hydroxylation is 2. The lowest BCUT2D eigenvalue weighted by Crippen LogP contribution is -2.31. The van der Waals surface area contributed by atoms with E-state index in [1.807, 2.05) is 38.1 Å². The molecule has 2 rings (SSSR count). The Bertz CT molecular complexity index is 575. The molecule has 20 heavy (non-hydrogen) atoms. The Kier molecular flexibility index (Phi) is 4.40. The van der Waals surface area contributed by atoms with E-state index in [0.29, 0.717) is 18.7 Å². The summed E-state index contributed by atoms with van der Waals surface area (Å²) in [7, 11) is 1.76. The Morgan fingerprint density at radius 1 is 1.30 bits per heavy atom. The number of benzene rings is 1. The molecule has 0 fully saturated rings. The molecule has 0 aliphatic rings. The third-order valence-electron chi connectivity index (χ3n) is 3.12. The van der Waals surface area contributed by atoms with Crippen molar-refractivity contribution in [1.29, 1.82) is 0 Å². The first-order valence-corrected chi connectivity index (χ1v) is 6.53. The van der Waals surface area contributed by atoms with Gasteiger partial charge in [-0.1, -0.05) is 17.7 Å². The van der Waals surface area contributed by atoms with E-state index < -0.39 is 0 Å². The van der Waals surface area contributed by atoms with Gasteiger partial charge >= 0.3 is 0 Å². The quantitative estimate of drug-likeness (QED) is 0.908. The van der Waals surface area contributed by atoms with Crippen molar-refractivity contribution >= 4 is 5.91 Å². The molecule has 1 heterocycles. The van der Waals surface area contributed by atoms with Gasteiger partial charge in [0.1, 0.15) is 12.4 Å². The molecule has 0 atom stereocenters. The van der Waals surface area contributed by atoms with Gasteiger partial charge in [-0.3, -0.25) is 9.89 Å². The minimum Gasteiger partial charge on any atom is -0.492 e. The number of rotatable bonds is 5. The van der Waals surface area contributed by atoms with Gasteiger partial charge < -0.3 is 9.64 Å². The van der Waals surface area contributed by atoms with Crippen molar-refractivity contribution in [1.82, 2.24) is 15.1 Å². The summed E-state index contributed by atoms with van der Waals surface area (Å²) in [6, 6.07) is 7.85. The monoisotopic (exact) mass is 273 g/mol. The summed E-state index contributed by atoms with van der Waals surface area (Å²) >= 11 is 0. The van der Waals surface area contributed by atoms with E-state index in [4.69, 9.17) is 4.74 Å². The van der Waals surface area contributed by atoms with Crippen LogP contribution < -0.4 is 4.74 Å². The van der Waals surface area contributed by atoms with Crippen LogP contribution in [0.25, 0.3) is 0 Å². The van der Waals surface area contributed by atoms with E-state index in [0.717, 1.165) is 11.4 Å². The summed E-state index contributed by atoms with van der Waals surface area (Å²) in [4.78, 5) is 13.8. The van der Waals surface area contributed by atoms with Crippen molar-refractivity contribution in [2.24, 2.45) is 0 Å². The van der Waals surface area contributed by atoms with Crippen LogP contribution in [0.4, 0.5) is 0 Å². The molecular formula is C15H19N3O2. The average molecular weight is 273 g/mol. The summed E-state index contributed by atoms with van der Waals surface area (Å²) in [6.07, 6.45) is 1.55. The molecule has 0 aliphatic carbocycles. The predicted molar refractivity (Wildman–Crippen MR) is 77.0 cm³/mol. The van der Waals surface area contributed by atoms with Gasteiger partial charge in [0.05, 0.1) is 18.3 Å². The summed E-state index contributed by atoms with van der Waals surface area (Å²) in [5, 5.41) is 6.62. The lowest BCUT2D eigenvalue weighted by molar-refractivity contribution is 0.0773. The number of nitrogens with one attached hydrogen (secondary N) is 1. The number of carbonyl (C=O) groups is 1. The molecule has 1 N–H and O–H groups in total. The maximum Gasteiger partial charge on any atom is 0.257 e. The Hall–Kier alpha value is -2.30. The molecule has 0 bridgehead atoms. The standard InChI is InChI=1S/C15H19N3O2/c1-11-4-6-13(7-5-11)20-9-8-18(3)15(19)14-10-16-17-12(14)2/h4-7,10H,8-9H2,1-3H3,(H,16,17). The Balaban J connectivity index is 1.83. The number of amides is 1. The molecule has 0 unspecified atom stereocenters. The summed E-state index contributed by atoms with van der Waals surface area (Å²) in [6.45, 7) is 4.85. The largest absolute Gasteiger partial charge is 0.492 e. The van der Waals surface area contributed by atoms with Crippen LogP contribution in [0.3, 0.4) is 0 Å². The summed E-state index contributed by atoms with van der Waals surface area (Å²) < 4.78 is 5.61. The molecule has 106 valence electrons. The van der Waals surface area contributed by atoms with E-state index >= 15 is 0 Å². The minimum absolute atomic E-state index is 0.0521. The van der Waals surface area contributed by atoms with Crippen LogP contribution in [0, 0.1) is 13.8 Å². The topological polar surface area (TPSA) is 58.2 Å². The molecule has 1 amide bonds. The predicted octanol–water partition coefficient (Wildman–Crippen LogP) is 2.18. The van der Waals surface area contributed by atoms with Gasteiger partial charge in [0, 0.05) is 12.7 Å². The molecule has 0 spiro atoms. The van der Waals surface area contributed by atoms with Crippen LogP contribution in [0.5, 0.6) is 5.75 Å². The zero-order valence-electron chi connectivity index (χ0n) is 12.0. The molecule has 0 saturated carbocycles. The second-order valence-corrected chi connectivity index (χ2v) is 4.80. The molecule has 0 aliphatic heterocycles. The number of likely N-dealkylation sites (N-methyl/N-ethyl adjacent to an activating group) is 1. The van der Waals surface area contributed by atoms with Gasteiger partial charge in [0.2, 0.25) is 0 Å². The normalized spacial score (nSPS) is 10.3. The highest BCUT2D eigenvalue weighted by atomic mass is 16.5. The maximum atomic E-state index is 12.1. The number of ether oxygens (including phenoxy) is 1. The highest BCUT2D eigenvalue weighted by molar-refractivity contribution is 5.94. The van der Waals surface area contributed by atoms with Gasteiger partial charge in [0.25, 0.3) is 5.91 Å². The minimum atomic E-state index is -0.0521. The van der Waals surface area contributed by atoms with E-state index in [1.54, 1.807) is 18.1 Å². The summed E-state index contributed by atoms with van der Waals surface area (Å²) in [5.41, 5.74) is 2.57. The van der Waals surface area contributed by atoms with E-state index in [1.165, 1.54) is 5.56 Å². The van der Waals surface area contributed by atoms with Crippen molar-refractivity contribution in [2.45, 2.75) is 13.8 Å². The lowest BCUT2D eigenvalue weighted by Gasteiger charge is -2.17. The van der Waals surface area contributed by atoms with E-state index in [2.05, 4.69) is 10.2 Å². The van der Waals surface area contributed by atoms with Gasteiger partial charge in [-0.25, -0.2) is 0 Å². The number of nitrogens with zero attached hydrogens (tertiary/aromatic N) is 2. The van der Waals surface area contributed by atoms with Crippen LogP contribution in [-0.4, -0.2) is 41.2 Å². The fraction of sp³-hybridized carbons (Fsp3) is 0.333. The highest BCUT2D eigenvalue weighted by Gasteiger charge is 2.15. The zero-order valence-corrected chi connectivity index (χ0v) is 12.0. The molecule has 1 aromatic carbocycles. The third-order valence-corrected chi connectivity index (χ3v) is 3.12. The van der Waals surface area contributed by atoms with E-state index in [9.17, 15) is 4.79 Å². The molecule has 5 nitrogen and oxygen atoms in total. The first-order valence-electron chi connectivity index (χ1n) is 6.53. The number of hydrogen-bond donors (Lipinski definition) is 1. The van der Waals surface area contributed by atoms with Crippen molar-refractivity contribution in [3.8, 4) is 5.75 Å². The van der Waals surface area contributed by atoms with Crippen LogP contribution in [-0.2, 0) is 0 Å². The van der Waals surface area contributed by atoms with Crippen molar-refractivity contribution in [2.75, 3.05) is 20.2 Å². The van der Waals surface area contributed by atoms with Crippen LogP contribution >= 0.6 is 0 Å². The van der Waals surface area contributed by atoms with Crippen LogP contribution in [0.1, 0.15) is 21.6 Å². The molecular weight excluding hydrogens is 254 g/mol. The number of hydrogen-bond acceptors (Lipinski definition) is 3. The number of carbonyl (C=O) groups excluding carboxylic acids is 1. The van der Waals surface area contributed by atoms with Crippen molar-refractivity contribution in [3.63, 3.8) is 0 Å². The smallest absolute Gasteiger partial charge is 0.257 e. The first kappa shape index (κ1) is 14.1. The second-order valence-electron chi connectivity index (χ2n) is 4.80. The van der Waals surface area contributed by atoms with Crippen LogP contribution in [0.15, 0.2) is 30.5 Å². The number of aromatic nitrogens is 2. The van der Waals surface area contributed by atoms with Crippen molar-refractivity contribution < 1.29 is 9.53 Å². The molecule has 5 heteroatoms. The molecule has 1 aromatic heterocycles. The maximum absolute atomic E-state index is 12.1. The van der Waals surface area contributed by atoms with Gasteiger partial charge in [-0.15, -0.1) is 0 Å². The second kappa shape index (κ2) is 6.23. The van der Waals surface area contributed by atoms with Crippen molar-refractivity contribution in [3.05, 3.63) is 47.3 Å². The molecule has 0 radical (unpaired) electrons. The summed E-state index contributed by atoms with van der Waals surface area (Å²) in [5.74, 6) is 0.764. The fourth-order valence-electron chi connectivity index (χ4n) is 1.81.